The second-order valence-corrected chi connectivity index (χ2v) is 4.04. The molecule has 0 amide bonds. The predicted octanol–water partition coefficient (Wildman–Crippen LogP) is 1.87. The Balaban J connectivity index is 2.80. The number of hydrogen-bond donors (Lipinski definition) is 1. The monoisotopic (exact) mass is 190 g/mol. The van der Waals surface area contributed by atoms with Gasteiger partial charge >= 0.3 is 0 Å². The number of aromatic nitrogens is 2. The normalized spacial score (nSPS) is 12.3. The minimum Gasteiger partial charge on any atom is -0.382 e. The number of aryl methyl sites for hydroxylation is 1. The number of hydrogen-bond acceptors (Lipinski definition) is 2. The smallest absolute Gasteiger partial charge is 0.145 e. The zero-order chi connectivity index (χ0) is 10.3. The van der Waals surface area contributed by atoms with Gasteiger partial charge in [0.05, 0.1) is 11.2 Å². The summed E-state index contributed by atoms with van der Waals surface area (Å²) in [7, 11) is 0. The Bertz CT molecular complexity index is 466. The van der Waals surface area contributed by atoms with Crippen molar-refractivity contribution in [3.63, 3.8) is 0 Å². The highest BCUT2D eigenvalue weighted by Gasteiger charge is 2.22. The number of nitrogens with zero attached hydrogens (tertiary/aromatic N) is 2. The van der Waals surface area contributed by atoms with Gasteiger partial charge < -0.3 is 9.51 Å². The lowest BCUT2D eigenvalue weighted by atomic mass is 10.1. The van der Waals surface area contributed by atoms with E-state index in [0.717, 1.165) is 11.2 Å². The molecule has 0 saturated heterocycles. The lowest BCUT2D eigenvalue weighted by Crippen LogP contribution is -2.19. The van der Waals surface area contributed by atoms with E-state index < -0.39 is 5.60 Å². The van der Waals surface area contributed by atoms with Crippen LogP contribution in [-0.4, -0.2) is 14.5 Å². The minimum absolute atomic E-state index is 0.686. The summed E-state index contributed by atoms with van der Waals surface area (Å²) in [6.07, 6.45) is 1.92. The maximum atomic E-state index is 9.92. The molecule has 0 aliphatic rings. The van der Waals surface area contributed by atoms with E-state index in [1.807, 2.05) is 35.7 Å². The number of aliphatic hydroxyl groups is 1. The van der Waals surface area contributed by atoms with Crippen LogP contribution in [-0.2, 0) is 5.60 Å². The van der Waals surface area contributed by atoms with E-state index in [1.54, 1.807) is 13.8 Å². The summed E-state index contributed by atoms with van der Waals surface area (Å²) >= 11 is 0. The minimum atomic E-state index is -0.904. The van der Waals surface area contributed by atoms with Gasteiger partial charge in [-0.05, 0) is 32.9 Å². The van der Waals surface area contributed by atoms with Gasteiger partial charge in [0.1, 0.15) is 11.4 Å². The second-order valence-electron chi connectivity index (χ2n) is 4.04. The van der Waals surface area contributed by atoms with Gasteiger partial charge in [-0.3, -0.25) is 0 Å². The molecule has 3 nitrogen and oxygen atoms in total. The fraction of sp³-hybridized carbons (Fsp3) is 0.364. The van der Waals surface area contributed by atoms with E-state index in [0.29, 0.717) is 5.82 Å². The van der Waals surface area contributed by atoms with Gasteiger partial charge in [0.15, 0.2) is 0 Å². The van der Waals surface area contributed by atoms with E-state index in [4.69, 9.17) is 0 Å². The first-order valence-electron chi connectivity index (χ1n) is 4.66. The molecule has 0 saturated carbocycles. The molecule has 2 aromatic heterocycles. The number of rotatable bonds is 1. The van der Waals surface area contributed by atoms with Crippen LogP contribution in [0.25, 0.3) is 5.52 Å². The largest absolute Gasteiger partial charge is 0.382 e. The van der Waals surface area contributed by atoms with E-state index in [2.05, 4.69) is 4.98 Å². The highest BCUT2D eigenvalue weighted by Crippen LogP contribution is 2.21. The molecular weight excluding hydrogens is 176 g/mol. The summed E-state index contributed by atoms with van der Waals surface area (Å²) < 4.78 is 1.93. The lowest BCUT2D eigenvalue weighted by Gasteiger charge is -2.15. The average molecular weight is 190 g/mol. The van der Waals surface area contributed by atoms with Crippen molar-refractivity contribution in [3.8, 4) is 0 Å². The van der Waals surface area contributed by atoms with Crippen LogP contribution >= 0.6 is 0 Å². The molecule has 0 unspecified atom stereocenters. The summed E-state index contributed by atoms with van der Waals surface area (Å²) in [4.78, 5) is 4.37. The molecule has 0 aromatic carbocycles. The molecule has 0 aliphatic carbocycles. The van der Waals surface area contributed by atoms with Gasteiger partial charge in [0.25, 0.3) is 0 Å². The van der Waals surface area contributed by atoms with Crippen LogP contribution in [0.3, 0.4) is 0 Å². The molecule has 0 spiro atoms. The van der Waals surface area contributed by atoms with Gasteiger partial charge in [-0.2, -0.15) is 0 Å². The van der Waals surface area contributed by atoms with Crippen molar-refractivity contribution in [2.24, 2.45) is 0 Å². The topological polar surface area (TPSA) is 37.5 Å². The Kier molecular flexibility index (Phi) is 1.86. The van der Waals surface area contributed by atoms with Crippen LogP contribution in [0.5, 0.6) is 0 Å². The Morgan fingerprint density at radius 1 is 1.36 bits per heavy atom. The van der Waals surface area contributed by atoms with Crippen molar-refractivity contribution in [1.82, 2.24) is 9.38 Å². The van der Waals surface area contributed by atoms with E-state index in [1.165, 1.54) is 0 Å². The van der Waals surface area contributed by atoms with Crippen molar-refractivity contribution in [1.29, 1.82) is 0 Å². The van der Waals surface area contributed by atoms with Crippen molar-refractivity contribution < 1.29 is 5.11 Å². The van der Waals surface area contributed by atoms with Gasteiger partial charge in [-0.25, -0.2) is 4.98 Å². The SMILES string of the molecule is Cc1nc(C(C)(C)O)n2ccccc12. The fourth-order valence-electron chi connectivity index (χ4n) is 1.62. The zero-order valence-electron chi connectivity index (χ0n) is 8.65. The standard InChI is InChI=1S/C11H14N2O/c1-8-9-6-4-5-7-13(9)10(12-8)11(2,3)14/h4-7,14H,1-3H3. The first kappa shape index (κ1) is 9.21. The lowest BCUT2D eigenvalue weighted by molar-refractivity contribution is 0.0681. The van der Waals surface area contributed by atoms with E-state index in [-0.39, 0.29) is 0 Å². The molecule has 2 heterocycles. The van der Waals surface area contributed by atoms with Crippen molar-refractivity contribution in [3.05, 3.63) is 35.9 Å². The zero-order valence-corrected chi connectivity index (χ0v) is 8.65. The summed E-state index contributed by atoms with van der Waals surface area (Å²) in [5, 5.41) is 9.92. The van der Waals surface area contributed by atoms with Gasteiger partial charge in [0, 0.05) is 6.20 Å². The van der Waals surface area contributed by atoms with Crippen LogP contribution in [0.15, 0.2) is 24.4 Å². The summed E-state index contributed by atoms with van der Waals surface area (Å²) in [6.45, 7) is 5.44. The Labute approximate surface area is 83.0 Å². The number of imidazole rings is 1. The maximum Gasteiger partial charge on any atom is 0.145 e. The molecule has 0 radical (unpaired) electrons. The van der Waals surface area contributed by atoms with E-state index in [9.17, 15) is 5.11 Å². The number of pyridine rings is 1. The van der Waals surface area contributed by atoms with Crippen LogP contribution in [0.2, 0.25) is 0 Å². The predicted molar refractivity (Wildman–Crippen MR) is 55.2 cm³/mol. The average Bonchev–Trinajstić information content (AvgIpc) is 2.44. The molecule has 0 atom stereocenters. The van der Waals surface area contributed by atoms with E-state index >= 15 is 0 Å². The van der Waals surface area contributed by atoms with Crippen LogP contribution < -0.4 is 0 Å². The van der Waals surface area contributed by atoms with Crippen molar-refractivity contribution in [2.45, 2.75) is 26.4 Å². The second kappa shape index (κ2) is 2.82. The van der Waals surface area contributed by atoms with Gasteiger partial charge in [-0.1, -0.05) is 6.07 Å². The van der Waals surface area contributed by atoms with Crippen LogP contribution in [0, 0.1) is 6.92 Å². The highest BCUT2D eigenvalue weighted by molar-refractivity contribution is 5.52. The molecule has 14 heavy (non-hydrogen) atoms. The molecule has 2 rings (SSSR count). The molecule has 0 aliphatic heterocycles. The van der Waals surface area contributed by atoms with Crippen LogP contribution in [0.4, 0.5) is 0 Å². The molecular formula is C11H14N2O. The molecule has 74 valence electrons. The third-order valence-electron chi connectivity index (χ3n) is 2.28. The Hall–Kier alpha value is -1.35. The third-order valence-corrected chi connectivity index (χ3v) is 2.28. The number of fused-ring (bicyclic) bond motifs is 1. The molecule has 0 fully saturated rings. The van der Waals surface area contributed by atoms with Gasteiger partial charge in [-0.15, -0.1) is 0 Å². The summed E-state index contributed by atoms with van der Waals surface area (Å²) in [5.74, 6) is 0.686. The van der Waals surface area contributed by atoms with Crippen molar-refractivity contribution >= 4 is 5.52 Å². The molecule has 2 aromatic rings. The van der Waals surface area contributed by atoms with Gasteiger partial charge in [0.2, 0.25) is 0 Å². The molecule has 0 bridgehead atoms. The van der Waals surface area contributed by atoms with Crippen molar-refractivity contribution in [2.75, 3.05) is 0 Å². The maximum absolute atomic E-state index is 9.92. The summed E-state index contributed by atoms with van der Waals surface area (Å²) in [6, 6.07) is 5.90. The summed E-state index contributed by atoms with van der Waals surface area (Å²) in [5.41, 5.74) is 1.09. The molecule has 3 heteroatoms. The molecule has 1 N–H and O–H groups in total. The Morgan fingerprint density at radius 2 is 2.07 bits per heavy atom. The third kappa shape index (κ3) is 1.30. The quantitative estimate of drug-likeness (QED) is 0.745. The Morgan fingerprint density at radius 3 is 2.71 bits per heavy atom. The highest BCUT2D eigenvalue weighted by atomic mass is 16.3. The fourth-order valence-corrected chi connectivity index (χ4v) is 1.62. The first-order valence-corrected chi connectivity index (χ1v) is 4.66. The van der Waals surface area contributed by atoms with Crippen LogP contribution in [0.1, 0.15) is 25.4 Å². The first-order chi connectivity index (χ1) is 6.50.